The molecule has 0 bridgehead atoms. The number of nitrogens with zero attached hydrogens (tertiary/aromatic N) is 1. The van der Waals surface area contributed by atoms with Gasteiger partial charge in [-0.25, -0.2) is 4.79 Å². The molecule has 0 spiro atoms. The van der Waals surface area contributed by atoms with Crippen molar-refractivity contribution in [1.29, 1.82) is 0 Å². The quantitative estimate of drug-likeness (QED) is 0.714. The third-order valence-corrected chi connectivity index (χ3v) is 3.38. The fourth-order valence-corrected chi connectivity index (χ4v) is 2.13. The van der Waals surface area contributed by atoms with Crippen LogP contribution >= 0.6 is 0 Å². The number of hydrogen-bond donors (Lipinski definition) is 2. The lowest BCUT2D eigenvalue weighted by Gasteiger charge is -2.27. The minimum absolute atomic E-state index is 0.395. The summed E-state index contributed by atoms with van der Waals surface area (Å²) < 4.78 is 0. The molecule has 2 aliphatic rings. The maximum Gasteiger partial charge on any atom is 0.407 e. The van der Waals surface area contributed by atoms with Gasteiger partial charge in [0, 0.05) is 19.1 Å². The van der Waals surface area contributed by atoms with E-state index in [1.807, 2.05) is 0 Å². The summed E-state index contributed by atoms with van der Waals surface area (Å²) in [7, 11) is 0. The Morgan fingerprint density at radius 2 is 2.21 bits per heavy atom. The molecule has 1 amide bonds. The van der Waals surface area contributed by atoms with Crippen molar-refractivity contribution in [3.63, 3.8) is 0 Å². The minimum Gasteiger partial charge on any atom is -0.465 e. The van der Waals surface area contributed by atoms with E-state index < -0.39 is 6.09 Å². The Hall–Kier alpha value is -0.770. The highest BCUT2D eigenvalue weighted by atomic mass is 16.4. The van der Waals surface area contributed by atoms with Crippen LogP contribution in [-0.4, -0.2) is 41.8 Å². The summed E-state index contributed by atoms with van der Waals surface area (Å²) in [6.45, 7) is 2.44. The summed E-state index contributed by atoms with van der Waals surface area (Å²) in [5.41, 5.74) is 0. The average Bonchev–Trinajstić information content (AvgIpc) is 2.50. The molecule has 1 aliphatic heterocycles. The molecule has 0 aromatic carbocycles. The van der Waals surface area contributed by atoms with Gasteiger partial charge < -0.3 is 15.3 Å². The van der Waals surface area contributed by atoms with Crippen molar-refractivity contribution in [2.45, 2.75) is 31.7 Å². The van der Waals surface area contributed by atoms with E-state index in [9.17, 15) is 4.79 Å². The Balaban J connectivity index is 1.65. The smallest absolute Gasteiger partial charge is 0.407 e. The average molecular weight is 198 g/mol. The SMILES string of the molecule is O=C(O)N1CC[C@H](NCC2CCC2)C1. The first kappa shape index (κ1) is 9.77. The Labute approximate surface area is 84.3 Å². The molecule has 14 heavy (non-hydrogen) atoms. The van der Waals surface area contributed by atoms with Gasteiger partial charge in [0.05, 0.1) is 0 Å². The van der Waals surface area contributed by atoms with E-state index in [1.54, 1.807) is 0 Å². The summed E-state index contributed by atoms with van der Waals surface area (Å²) in [4.78, 5) is 12.1. The van der Waals surface area contributed by atoms with E-state index in [0.717, 1.165) is 18.9 Å². The summed E-state index contributed by atoms with van der Waals surface area (Å²) >= 11 is 0. The number of amides is 1. The standard InChI is InChI=1S/C10H18N2O2/c13-10(14)12-5-4-9(7-12)11-6-8-2-1-3-8/h8-9,11H,1-7H2,(H,13,14)/t9-/m0/s1. The van der Waals surface area contributed by atoms with E-state index in [0.29, 0.717) is 19.1 Å². The Morgan fingerprint density at radius 3 is 2.71 bits per heavy atom. The van der Waals surface area contributed by atoms with Gasteiger partial charge in [0.15, 0.2) is 0 Å². The Kier molecular flexibility index (Phi) is 2.91. The maximum atomic E-state index is 10.7. The van der Waals surface area contributed by atoms with Gasteiger partial charge in [-0.05, 0) is 31.7 Å². The van der Waals surface area contributed by atoms with Crippen LogP contribution in [0.1, 0.15) is 25.7 Å². The summed E-state index contributed by atoms with van der Waals surface area (Å²) in [6, 6.07) is 0.395. The van der Waals surface area contributed by atoms with Crippen LogP contribution in [0.2, 0.25) is 0 Å². The van der Waals surface area contributed by atoms with Gasteiger partial charge >= 0.3 is 6.09 Å². The number of carbonyl (C=O) groups is 1. The molecule has 0 unspecified atom stereocenters. The number of hydrogen-bond acceptors (Lipinski definition) is 2. The predicted octanol–water partition coefficient (Wildman–Crippen LogP) is 1.13. The van der Waals surface area contributed by atoms with Crippen molar-refractivity contribution in [3.8, 4) is 0 Å². The van der Waals surface area contributed by atoms with Crippen LogP contribution in [0.5, 0.6) is 0 Å². The summed E-state index contributed by atoms with van der Waals surface area (Å²) in [5, 5.41) is 12.2. The lowest BCUT2D eigenvalue weighted by atomic mass is 9.85. The highest BCUT2D eigenvalue weighted by Gasteiger charge is 2.26. The van der Waals surface area contributed by atoms with Gasteiger partial charge in [0.2, 0.25) is 0 Å². The second-order valence-electron chi connectivity index (χ2n) is 4.42. The van der Waals surface area contributed by atoms with Crippen LogP contribution in [0.4, 0.5) is 4.79 Å². The lowest BCUT2D eigenvalue weighted by molar-refractivity contribution is 0.154. The van der Waals surface area contributed by atoms with Gasteiger partial charge in [-0.1, -0.05) is 6.42 Å². The van der Waals surface area contributed by atoms with Crippen LogP contribution in [-0.2, 0) is 0 Å². The molecule has 1 heterocycles. The number of carboxylic acid groups (broad SMARTS) is 1. The van der Waals surface area contributed by atoms with Crippen LogP contribution in [0.3, 0.4) is 0 Å². The van der Waals surface area contributed by atoms with Gasteiger partial charge in [-0.15, -0.1) is 0 Å². The van der Waals surface area contributed by atoms with Crippen molar-refractivity contribution in [3.05, 3.63) is 0 Å². The summed E-state index contributed by atoms with van der Waals surface area (Å²) in [5.74, 6) is 0.855. The highest BCUT2D eigenvalue weighted by Crippen LogP contribution is 2.25. The fraction of sp³-hybridized carbons (Fsp3) is 0.900. The second-order valence-corrected chi connectivity index (χ2v) is 4.42. The van der Waals surface area contributed by atoms with Crippen molar-refractivity contribution in [2.75, 3.05) is 19.6 Å². The molecule has 2 rings (SSSR count). The number of rotatable bonds is 3. The minimum atomic E-state index is -0.780. The zero-order valence-electron chi connectivity index (χ0n) is 8.41. The van der Waals surface area contributed by atoms with Crippen molar-refractivity contribution in [2.24, 2.45) is 5.92 Å². The zero-order chi connectivity index (χ0) is 9.97. The molecule has 1 saturated heterocycles. The molecule has 80 valence electrons. The molecule has 0 aromatic rings. The number of likely N-dealkylation sites (tertiary alicyclic amines) is 1. The van der Waals surface area contributed by atoms with E-state index in [1.165, 1.54) is 24.2 Å². The molecule has 4 nitrogen and oxygen atoms in total. The molecule has 4 heteroatoms. The van der Waals surface area contributed by atoms with E-state index >= 15 is 0 Å². The highest BCUT2D eigenvalue weighted by molar-refractivity contribution is 5.65. The van der Waals surface area contributed by atoms with E-state index in [2.05, 4.69) is 5.32 Å². The van der Waals surface area contributed by atoms with Crippen molar-refractivity contribution < 1.29 is 9.90 Å². The molecule has 1 atom stereocenters. The molecule has 1 saturated carbocycles. The molecule has 2 fully saturated rings. The zero-order valence-corrected chi connectivity index (χ0v) is 8.41. The van der Waals surface area contributed by atoms with Crippen LogP contribution in [0.25, 0.3) is 0 Å². The van der Waals surface area contributed by atoms with E-state index in [4.69, 9.17) is 5.11 Å². The normalized spacial score (nSPS) is 27.7. The van der Waals surface area contributed by atoms with Crippen LogP contribution < -0.4 is 5.32 Å². The first-order valence-corrected chi connectivity index (χ1v) is 5.47. The van der Waals surface area contributed by atoms with Crippen LogP contribution in [0.15, 0.2) is 0 Å². The predicted molar refractivity (Wildman–Crippen MR) is 53.3 cm³/mol. The third-order valence-electron chi connectivity index (χ3n) is 3.38. The maximum absolute atomic E-state index is 10.7. The first-order valence-electron chi connectivity index (χ1n) is 5.47. The molecule has 2 N–H and O–H groups in total. The third kappa shape index (κ3) is 2.18. The van der Waals surface area contributed by atoms with Crippen molar-refractivity contribution in [1.82, 2.24) is 10.2 Å². The molecule has 1 aliphatic carbocycles. The monoisotopic (exact) mass is 198 g/mol. The molecule has 0 radical (unpaired) electrons. The van der Waals surface area contributed by atoms with E-state index in [-0.39, 0.29) is 0 Å². The van der Waals surface area contributed by atoms with Crippen molar-refractivity contribution >= 4 is 6.09 Å². The van der Waals surface area contributed by atoms with Gasteiger partial charge in [-0.2, -0.15) is 0 Å². The number of nitrogens with one attached hydrogen (secondary N) is 1. The molecule has 0 aromatic heterocycles. The fourth-order valence-electron chi connectivity index (χ4n) is 2.13. The van der Waals surface area contributed by atoms with Crippen LogP contribution in [0, 0.1) is 5.92 Å². The molecular weight excluding hydrogens is 180 g/mol. The Bertz CT molecular complexity index is 216. The first-order chi connectivity index (χ1) is 6.75. The molecular formula is C10H18N2O2. The van der Waals surface area contributed by atoms with Gasteiger partial charge in [-0.3, -0.25) is 0 Å². The summed E-state index contributed by atoms with van der Waals surface area (Å²) in [6.07, 6.45) is 4.26. The van der Waals surface area contributed by atoms with Gasteiger partial charge in [0.1, 0.15) is 0 Å². The Morgan fingerprint density at radius 1 is 1.43 bits per heavy atom. The largest absolute Gasteiger partial charge is 0.465 e. The lowest BCUT2D eigenvalue weighted by Crippen LogP contribution is -2.38. The second kappa shape index (κ2) is 4.17. The topological polar surface area (TPSA) is 52.6 Å². The van der Waals surface area contributed by atoms with Gasteiger partial charge in [0.25, 0.3) is 0 Å².